The molecule has 0 aliphatic rings. The van der Waals surface area contributed by atoms with E-state index in [1.807, 2.05) is 50.1 Å². The largest absolute Gasteiger partial charge is 0.468 e. The highest BCUT2D eigenvalue weighted by atomic mass is 35.5. The topological polar surface area (TPSA) is 29.5 Å². The SMILES string of the molecule is COC(=O)C(C)N(C)C(C)c1ccccc1Cl. The van der Waals surface area contributed by atoms with Crippen molar-refractivity contribution in [2.45, 2.75) is 25.9 Å². The van der Waals surface area contributed by atoms with Crippen LogP contribution in [0.25, 0.3) is 0 Å². The van der Waals surface area contributed by atoms with Crippen LogP contribution in [-0.4, -0.2) is 31.1 Å². The molecule has 94 valence electrons. The smallest absolute Gasteiger partial charge is 0.322 e. The van der Waals surface area contributed by atoms with Gasteiger partial charge in [-0.05, 0) is 32.5 Å². The van der Waals surface area contributed by atoms with E-state index in [1.165, 1.54) is 7.11 Å². The first-order valence-electron chi connectivity index (χ1n) is 5.53. The molecule has 2 atom stereocenters. The molecule has 1 aromatic rings. The Labute approximate surface area is 107 Å². The van der Waals surface area contributed by atoms with E-state index < -0.39 is 0 Å². The minimum absolute atomic E-state index is 0.0535. The lowest BCUT2D eigenvalue weighted by atomic mass is 10.1. The van der Waals surface area contributed by atoms with Gasteiger partial charge in [0.05, 0.1) is 7.11 Å². The highest BCUT2D eigenvalue weighted by Gasteiger charge is 2.24. The summed E-state index contributed by atoms with van der Waals surface area (Å²) < 4.78 is 4.74. The van der Waals surface area contributed by atoms with Crippen molar-refractivity contribution in [2.24, 2.45) is 0 Å². The second kappa shape index (κ2) is 6.03. The highest BCUT2D eigenvalue weighted by Crippen LogP contribution is 2.27. The summed E-state index contributed by atoms with van der Waals surface area (Å²) in [6, 6.07) is 7.40. The molecular weight excluding hydrogens is 238 g/mol. The Morgan fingerprint density at radius 2 is 1.94 bits per heavy atom. The van der Waals surface area contributed by atoms with Crippen LogP contribution < -0.4 is 0 Å². The van der Waals surface area contributed by atoms with Crippen molar-refractivity contribution in [3.8, 4) is 0 Å². The van der Waals surface area contributed by atoms with E-state index in [-0.39, 0.29) is 18.1 Å². The van der Waals surface area contributed by atoms with Crippen molar-refractivity contribution in [1.82, 2.24) is 4.90 Å². The van der Waals surface area contributed by atoms with E-state index in [9.17, 15) is 4.79 Å². The van der Waals surface area contributed by atoms with Crippen molar-refractivity contribution < 1.29 is 9.53 Å². The monoisotopic (exact) mass is 255 g/mol. The van der Waals surface area contributed by atoms with Gasteiger partial charge in [-0.2, -0.15) is 0 Å². The van der Waals surface area contributed by atoms with Crippen LogP contribution in [0.15, 0.2) is 24.3 Å². The molecule has 1 aromatic carbocycles. The predicted octanol–water partition coefficient (Wildman–Crippen LogP) is 2.89. The number of hydrogen-bond acceptors (Lipinski definition) is 3. The third-order valence-corrected chi connectivity index (χ3v) is 3.46. The molecule has 0 N–H and O–H groups in total. The fourth-order valence-electron chi connectivity index (χ4n) is 1.71. The number of benzene rings is 1. The summed E-state index contributed by atoms with van der Waals surface area (Å²) in [4.78, 5) is 13.4. The molecule has 0 heterocycles. The minimum Gasteiger partial charge on any atom is -0.468 e. The van der Waals surface area contributed by atoms with Gasteiger partial charge < -0.3 is 4.74 Å². The number of likely N-dealkylation sites (N-methyl/N-ethyl adjacent to an activating group) is 1. The minimum atomic E-state index is -0.300. The molecule has 1 rings (SSSR count). The third kappa shape index (κ3) is 3.20. The molecule has 0 amide bonds. The van der Waals surface area contributed by atoms with E-state index in [4.69, 9.17) is 16.3 Å². The lowest BCUT2D eigenvalue weighted by Crippen LogP contribution is -2.38. The van der Waals surface area contributed by atoms with E-state index in [1.54, 1.807) is 0 Å². The van der Waals surface area contributed by atoms with E-state index in [2.05, 4.69) is 0 Å². The summed E-state index contributed by atoms with van der Waals surface area (Å²) in [7, 11) is 3.28. The standard InChI is InChI=1S/C13H18ClNO2/c1-9(11-7-5-6-8-12(11)14)15(3)10(2)13(16)17-4/h5-10H,1-4H3. The number of ether oxygens (including phenoxy) is 1. The Morgan fingerprint density at radius 1 is 1.35 bits per heavy atom. The molecule has 0 aromatic heterocycles. The normalized spacial score (nSPS) is 14.5. The molecular formula is C13H18ClNO2. The van der Waals surface area contributed by atoms with Crippen LogP contribution in [0, 0.1) is 0 Å². The molecule has 0 saturated carbocycles. The number of hydrogen-bond donors (Lipinski definition) is 0. The number of methoxy groups -OCH3 is 1. The van der Waals surface area contributed by atoms with Gasteiger partial charge in [-0.3, -0.25) is 9.69 Å². The molecule has 0 fully saturated rings. The zero-order valence-corrected chi connectivity index (χ0v) is 11.4. The van der Waals surface area contributed by atoms with Crippen LogP contribution in [0.2, 0.25) is 5.02 Å². The van der Waals surface area contributed by atoms with Gasteiger partial charge in [0.2, 0.25) is 0 Å². The summed E-state index contributed by atoms with van der Waals surface area (Å²) in [5.41, 5.74) is 1.01. The Morgan fingerprint density at radius 3 is 2.47 bits per heavy atom. The van der Waals surface area contributed by atoms with Gasteiger partial charge in [-0.1, -0.05) is 29.8 Å². The maximum absolute atomic E-state index is 11.5. The van der Waals surface area contributed by atoms with Gasteiger partial charge in [0.25, 0.3) is 0 Å². The van der Waals surface area contributed by atoms with Crippen molar-refractivity contribution in [1.29, 1.82) is 0 Å². The molecule has 0 aliphatic carbocycles. The first-order chi connectivity index (χ1) is 7.99. The molecule has 2 unspecified atom stereocenters. The zero-order chi connectivity index (χ0) is 13.0. The van der Waals surface area contributed by atoms with Gasteiger partial charge in [0, 0.05) is 11.1 Å². The fraction of sp³-hybridized carbons (Fsp3) is 0.462. The Hall–Kier alpha value is -1.06. The second-order valence-corrected chi connectivity index (χ2v) is 4.47. The van der Waals surface area contributed by atoms with E-state index in [0.717, 1.165) is 5.56 Å². The van der Waals surface area contributed by atoms with Gasteiger partial charge in [-0.25, -0.2) is 0 Å². The molecule has 4 heteroatoms. The van der Waals surface area contributed by atoms with Gasteiger partial charge >= 0.3 is 5.97 Å². The van der Waals surface area contributed by atoms with Crippen LogP contribution in [0.4, 0.5) is 0 Å². The lowest BCUT2D eigenvalue weighted by molar-refractivity contribution is -0.146. The Kier molecular flexibility index (Phi) is 4.97. The Bertz CT molecular complexity index is 395. The summed E-state index contributed by atoms with van der Waals surface area (Å²) >= 11 is 6.14. The number of rotatable bonds is 4. The van der Waals surface area contributed by atoms with Gasteiger partial charge in [-0.15, -0.1) is 0 Å². The maximum Gasteiger partial charge on any atom is 0.322 e. The van der Waals surface area contributed by atoms with Gasteiger partial charge in [0.1, 0.15) is 6.04 Å². The fourth-order valence-corrected chi connectivity index (χ4v) is 2.00. The van der Waals surface area contributed by atoms with Crippen LogP contribution in [0.1, 0.15) is 25.5 Å². The average Bonchev–Trinajstić information content (AvgIpc) is 2.35. The van der Waals surface area contributed by atoms with Crippen molar-refractivity contribution in [2.75, 3.05) is 14.2 Å². The number of esters is 1. The third-order valence-electron chi connectivity index (χ3n) is 3.12. The lowest BCUT2D eigenvalue weighted by Gasteiger charge is -2.29. The molecule has 17 heavy (non-hydrogen) atoms. The van der Waals surface area contributed by atoms with E-state index in [0.29, 0.717) is 5.02 Å². The first-order valence-corrected chi connectivity index (χ1v) is 5.91. The van der Waals surface area contributed by atoms with Crippen LogP contribution >= 0.6 is 11.6 Å². The molecule has 0 spiro atoms. The quantitative estimate of drug-likeness (QED) is 0.775. The second-order valence-electron chi connectivity index (χ2n) is 4.06. The first kappa shape index (κ1) is 14.0. The summed E-state index contributed by atoms with van der Waals surface area (Å²) in [5.74, 6) is -0.244. The molecule has 0 bridgehead atoms. The van der Waals surface area contributed by atoms with Crippen molar-refractivity contribution >= 4 is 17.6 Å². The molecule has 3 nitrogen and oxygen atoms in total. The number of halogens is 1. The summed E-state index contributed by atoms with van der Waals surface area (Å²) in [5, 5.41) is 0.712. The molecule has 0 aliphatic heterocycles. The van der Waals surface area contributed by atoms with Crippen LogP contribution in [0.5, 0.6) is 0 Å². The van der Waals surface area contributed by atoms with Crippen molar-refractivity contribution in [3.05, 3.63) is 34.9 Å². The van der Waals surface area contributed by atoms with Crippen LogP contribution in [-0.2, 0) is 9.53 Å². The highest BCUT2D eigenvalue weighted by molar-refractivity contribution is 6.31. The maximum atomic E-state index is 11.5. The average molecular weight is 256 g/mol. The van der Waals surface area contributed by atoms with E-state index >= 15 is 0 Å². The van der Waals surface area contributed by atoms with Gasteiger partial charge in [0.15, 0.2) is 0 Å². The number of nitrogens with zero attached hydrogens (tertiary/aromatic N) is 1. The zero-order valence-electron chi connectivity index (χ0n) is 10.6. The summed E-state index contributed by atoms with van der Waals surface area (Å²) in [6.07, 6.45) is 0. The van der Waals surface area contributed by atoms with Crippen LogP contribution in [0.3, 0.4) is 0 Å². The molecule has 0 saturated heterocycles. The summed E-state index contributed by atoms with van der Waals surface area (Å²) in [6.45, 7) is 3.83. The Balaban J connectivity index is 2.87. The number of carbonyl (C=O) groups is 1. The number of carbonyl (C=O) groups excluding carboxylic acids is 1. The molecule has 0 radical (unpaired) electrons. The van der Waals surface area contributed by atoms with Crippen molar-refractivity contribution in [3.63, 3.8) is 0 Å². The predicted molar refractivity (Wildman–Crippen MR) is 69.1 cm³/mol.